The fraction of sp³-hybridized carbons (Fsp3) is 0.429. The van der Waals surface area contributed by atoms with Gasteiger partial charge in [-0.25, -0.2) is 4.63 Å². The van der Waals surface area contributed by atoms with E-state index in [0.717, 1.165) is 0 Å². The summed E-state index contributed by atoms with van der Waals surface area (Å²) in [4.78, 5) is 0. The van der Waals surface area contributed by atoms with Crippen molar-refractivity contribution in [1.29, 1.82) is 0 Å². The smallest absolute Gasteiger partial charge is 0.243 e. The minimum atomic E-state index is -0.695. The van der Waals surface area contributed by atoms with Gasteiger partial charge in [0.1, 0.15) is 5.69 Å². The van der Waals surface area contributed by atoms with Crippen molar-refractivity contribution < 1.29 is 9.74 Å². The van der Waals surface area contributed by atoms with Gasteiger partial charge in [-0.2, -0.15) is 4.68 Å². The van der Waals surface area contributed by atoms with Crippen LogP contribution in [0.5, 0.6) is 0 Å². The Morgan fingerprint density at radius 1 is 1.47 bits per heavy atom. The number of nitrogen functional groups attached to an aromatic ring is 1. The Kier molecular flexibility index (Phi) is 2.12. The highest BCUT2D eigenvalue weighted by atomic mass is 16.6. The fourth-order valence-electron chi connectivity index (χ4n) is 1.27. The lowest BCUT2D eigenvalue weighted by atomic mass is 10.2. The monoisotopic (exact) mass is 210 g/mol. The third-order valence-corrected chi connectivity index (χ3v) is 2.02. The molecular formula is C7H10N6O2. The van der Waals surface area contributed by atoms with Crippen molar-refractivity contribution in [2.45, 2.75) is 20.0 Å². The average Bonchev–Trinajstić information content (AvgIpc) is 2.71. The van der Waals surface area contributed by atoms with Crippen molar-refractivity contribution in [1.82, 2.24) is 25.3 Å². The second kappa shape index (κ2) is 3.31. The van der Waals surface area contributed by atoms with Gasteiger partial charge in [0, 0.05) is 0 Å². The highest BCUT2D eigenvalue weighted by Crippen LogP contribution is 2.18. The highest BCUT2D eigenvalue weighted by Gasteiger charge is 2.18. The molecule has 0 aliphatic carbocycles. The molecule has 0 fully saturated rings. The van der Waals surface area contributed by atoms with Crippen LogP contribution in [0, 0.1) is 6.92 Å². The zero-order chi connectivity index (χ0) is 11.0. The Morgan fingerprint density at radius 3 is 2.67 bits per heavy atom. The summed E-state index contributed by atoms with van der Waals surface area (Å²) in [6, 6.07) is 0. The summed E-state index contributed by atoms with van der Waals surface area (Å²) in [6.07, 6.45) is -0.695. The molecule has 0 saturated heterocycles. The van der Waals surface area contributed by atoms with Crippen molar-refractivity contribution >= 4 is 5.82 Å². The largest absolute Gasteiger partial charge is 0.387 e. The van der Waals surface area contributed by atoms with Gasteiger partial charge in [-0.15, -0.1) is 5.10 Å². The van der Waals surface area contributed by atoms with E-state index in [9.17, 15) is 5.11 Å². The van der Waals surface area contributed by atoms with Gasteiger partial charge in [-0.3, -0.25) is 0 Å². The Hall–Kier alpha value is -1.96. The molecule has 15 heavy (non-hydrogen) atoms. The van der Waals surface area contributed by atoms with Crippen LogP contribution in [-0.4, -0.2) is 30.4 Å². The normalized spacial score (nSPS) is 13.0. The van der Waals surface area contributed by atoms with E-state index in [1.54, 1.807) is 13.8 Å². The standard InChI is InChI=1S/C7H10N6O2/c1-3-5(4(2)14)9-12-13(3)7-6(8)10-15-11-7/h4,14H,1-2H3,(H2,8,10)/t4-/m0/s1. The number of anilines is 1. The van der Waals surface area contributed by atoms with Gasteiger partial charge >= 0.3 is 0 Å². The maximum atomic E-state index is 9.38. The fourth-order valence-corrected chi connectivity index (χ4v) is 1.27. The number of rotatable bonds is 2. The third-order valence-electron chi connectivity index (χ3n) is 2.02. The number of nitrogens with zero attached hydrogens (tertiary/aromatic N) is 5. The molecule has 0 amide bonds. The third kappa shape index (κ3) is 1.44. The Balaban J connectivity index is 2.51. The van der Waals surface area contributed by atoms with Crippen molar-refractivity contribution in [2.75, 3.05) is 5.73 Å². The first-order valence-electron chi connectivity index (χ1n) is 4.30. The van der Waals surface area contributed by atoms with Crippen LogP contribution in [0.1, 0.15) is 24.4 Å². The van der Waals surface area contributed by atoms with E-state index in [4.69, 9.17) is 5.73 Å². The number of hydrogen-bond acceptors (Lipinski definition) is 7. The van der Waals surface area contributed by atoms with Crippen LogP contribution in [-0.2, 0) is 0 Å². The van der Waals surface area contributed by atoms with Gasteiger partial charge in [-0.1, -0.05) is 5.21 Å². The van der Waals surface area contributed by atoms with Gasteiger partial charge < -0.3 is 10.8 Å². The van der Waals surface area contributed by atoms with Crippen LogP contribution in [0.15, 0.2) is 4.63 Å². The summed E-state index contributed by atoms with van der Waals surface area (Å²) in [5.74, 6) is 0.395. The minimum absolute atomic E-state index is 0.125. The van der Waals surface area contributed by atoms with Crippen molar-refractivity contribution in [2.24, 2.45) is 0 Å². The molecule has 2 heterocycles. The molecule has 0 bridgehead atoms. The number of aliphatic hydroxyl groups excluding tert-OH is 1. The lowest BCUT2D eigenvalue weighted by molar-refractivity contribution is 0.193. The van der Waals surface area contributed by atoms with Gasteiger partial charge in [0.2, 0.25) is 11.6 Å². The Labute approximate surface area is 84.6 Å². The summed E-state index contributed by atoms with van der Waals surface area (Å²) in [7, 11) is 0. The van der Waals surface area contributed by atoms with Crippen LogP contribution < -0.4 is 5.73 Å². The average molecular weight is 210 g/mol. The van der Waals surface area contributed by atoms with E-state index in [-0.39, 0.29) is 11.6 Å². The van der Waals surface area contributed by atoms with Crippen molar-refractivity contribution in [3.05, 3.63) is 11.4 Å². The second-order valence-electron chi connectivity index (χ2n) is 3.12. The van der Waals surface area contributed by atoms with Gasteiger partial charge in [0.15, 0.2) is 0 Å². The van der Waals surface area contributed by atoms with E-state index < -0.39 is 6.10 Å². The topological polar surface area (TPSA) is 116 Å². The van der Waals surface area contributed by atoms with Gasteiger partial charge in [0.05, 0.1) is 11.8 Å². The summed E-state index contributed by atoms with van der Waals surface area (Å²) in [5, 5.41) is 24.0. The predicted molar refractivity (Wildman–Crippen MR) is 49.0 cm³/mol. The Bertz CT molecular complexity index is 474. The molecule has 1 atom stereocenters. The zero-order valence-electron chi connectivity index (χ0n) is 8.25. The van der Waals surface area contributed by atoms with E-state index in [0.29, 0.717) is 11.4 Å². The quantitative estimate of drug-likeness (QED) is 0.692. The molecule has 8 heteroatoms. The highest BCUT2D eigenvalue weighted by molar-refractivity contribution is 5.44. The van der Waals surface area contributed by atoms with Gasteiger partial charge in [0.25, 0.3) is 0 Å². The van der Waals surface area contributed by atoms with Crippen LogP contribution in [0.4, 0.5) is 5.82 Å². The molecule has 0 unspecified atom stereocenters. The summed E-state index contributed by atoms with van der Waals surface area (Å²) >= 11 is 0. The SMILES string of the molecule is Cc1c([C@H](C)O)nnn1-c1nonc1N. The van der Waals surface area contributed by atoms with E-state index in [1.165, 1.54) is 4.68 Å². The first kappa shape index (κ1) is 9.59. The summed E-state index contributed by atoms with van der Waals surface area (Å²) in [5.41, 5.74) is 6.62. The number of hydrogen-bond donors (Lipinski definition) is 2. The lowest BCUT2D eigenvalue weighted by Crippen LogP contribution is -2.04. The van der Waals surface area contributed by atoms with E-state index in [1.807, 2.05) is 0 Å². The van der Waals surface area contributed by atoms with Crippen molar-refractivity contribution in [3.63, 3.8) is 0 Å². The molecule has 2 rings (SSSR count). The minimum Gasteiger partial charge on any atom is -0.387 e. The van der Waals surface area contributed by atoms with E-state index >= 15 is 0 Å². The van der Waals surface area contributed by atoms with Crippen molar-refractivity contribution in [3.8, 4) is 5.82 Å². The maximum Gasteiger partial charge on any atom is 0.243 e. The molecule has 3 N–H and O–H groups in total. The molecule has 0 aromatic carbocycles. The molecule has 8 nitrogen and oxygen atoms in total. The van der Waals surface area contributed by atoms with Crippen LogP contribution in [0.3, 0.4) is 0 Å². The molecule has 0 spiro atoms. The molecular weight excluding hydrogens is 200 g/mol. The molecule has 0 radical (unpaired) electrons. The Morgan fingerprint density at radius 2 is 2.20 bits per heavy atom. The maximum absolute atomic E-state index is 9.38. The molecule has 0 aliphatic heterocycles. The lowest BCUT2D eigenvalue weighted by Gasteiger charge is -2.01. The number of nitrogens with two attached hydrogens (primary N) is 1. The first-order valence-corrected chi connectivity index (χ1v) is 4.30. The predicted octanol–water partition coefficient (Wildman–Crippen LogP) is -0.406. The van der Waals surface area contributed by atoms with E-state index in [2.05, 4.69) is 25.3 Å². The number of aromatic nitrogens is 5. The molecule has 80 valence electrons. The molecule has 0 aliphatic rings. The zero-order valence-corrected chi connectivity index (χ0v) is 8.25. The molecule has 0 saturated carbocycles. The van der Waals surface area contributed by atoms with Crippen LogP contribution >= 0.6 is 0 Å². The molecule has 2 aromatic rings. The van der Waals surface area contributed by atoms with Gasteiger partial charge in [-0.05, 0) is 24.2 Å². The van der Waals surface area contributed by atoms with Crippen LogP contribution in [0.2, 0.25) is 0 Å². The number of aliphatic hydroxyl groups is 1. The second-order valence-corrected chi connectivity index (χ2v) is 3.12. The summed E-state index contributed by atoms with van der Waals surface area (Å²) in [6.45, 7) is 3.35. The van der Waals surface area contributed by atoms with Crippen LogP contribution in [0.25, 0.3) is 5.82 Å². The first-order chi connectivity index (χ1) is 7.11. The summed E-state index contributed by atoms with van der Waals surface area (Å²) < 4.78 is 5.82. The molecule has 2 aromatic heterocycles.